The first-order chi connectivity index (χ1) is 9.43. The van der Waals surface area contributed by atoms with Crippen LogP contribution in [0.4, 0.5) is 0 Å². The molecule has 104 valence electrons. The zero-order valence-corrected chi connectivity index (χ0v) is 11.6. The highest BCUT2D eigenvalue weighted by molar-refractivity contribution is 5.45. The number of rotatable bonds is 5. The van der Waals surface area contributed by atoms with Gasteiger partial charge in [0.1, 0.15) is 11.5 Å². The van der Waals surface area contributed by atoms with Gasteiger partial charge in [-0.3, -0.25) is 0 Å². The lowest BCUT2D eigenvalue weighted by atomic mass is 10.1. The van der Waals surface area contributed by atoms with Crippen LogP contribution >= 0.6 is 0 Å². The lowest BCUT2D eigenvalue weighted by Gasteiger charge is -2.20. The van der Waals surface area contributed by atoms with Gasteiger partial charge in [0.25, 0.3) is 0 Å². The SMILES string of the molecule is c1cc2c(c(OCCCN3CCCC3)c1)CCCO2. The van der Waals surface area contributed by atoms with Crippen LogP contribution in [-0.4, -0.2) is 37.7 Å². The third-order valence-corrected chi connectivity index (χ3v) is 3.99. The topological polar surface area (TPSA) is 21.7 Å². The molecule has 3 nitrogen and oxygen atoms in total. The van der Waals surface area contributed by atoms with Crippen LogP contribution in [-0.2, 0) is 6.42 Å². The van der Waals surface area contributed by atoms with Crippen molar-refractivity contribution in [1.82, 2.24) is 4.90 Å². The van der Waals surface area contributed by atoms with E-state index < -0.39 is 0 Å². The Balaban J connectivity index is 1.49. The van der Waals surface area contributed by atoms with Gasteiger partial charge in [0, 0.05) is 12.1 Å². The number of ether oxygens (including phenoxy) is 2. The van der Waals surface area contributed by atoms with Gasteiger partial charge in [0.15, 0.2) is 0 Å². The van der Waals surface area contributed by atoms with Gasteiger partial charge in [-0.1, -0.05) is 6.07 Å². The van der Waals surface area contributed by atoms with Gasteiger partial charge in [-0.15, -0.1) is 0 Å². The molecule has 0 amide bonds. The van der Waals surface area contributed by atoms with Crippen LogP contribution in [0.15, 0.2) is 18.2 Å². The summed E-state index contributed by atoms with van der Waals surface area (Å²) < 4.78 is 11.6. The van der Waals surface area contributed by atoms with E-state index in [0.29, 0.717) is 0 Å². The summed E-state index contributed by atoms with van der Waals surface area (Å²) in [4.78, 5) is 2.53. The molecule has 0 radical (unpaired) electrons. The summed E-state index contributed by atoms with van der Waals surface area (Å²) in [5.41, 5.74) is 1.26. The summed E-state index contributed by atoms with van der Waals surface area (Å²) in [6.07, 6.45) is 6.03. The molecule has 0 atom stereocenters. The lowest BCUT2D eigenvalue weighted by Crippen LogP contribution is -2.22. The average molecular weight is 261 g/mol. The number of hydrogen-bond acceptors (Lipinski definition) is 3. The second kappa shape index (κ2) is 6.29. The van der Waals surface area contributed by atoms with Crippen molar-refractivity contribution in [2.75, 3.05) is 32.8 Å². The largest absolute Gasteiger partial charge is 0.493 e. The first-order valence-electron chi connectivity index (χ1n) is 7.53. The molecule has 1 aromatic rings. The molecule has 0 N–H and O–H groups in total. The number of nitrogens with zero attached hydrogens (tertiary/aromatic N) is 1. The summed E-state index contributed by atoms with van der Waals surface area (Å²) in [7, 11) is 0. The van der Waals surface area contributed by atoms with Crippen molar-refractivity contribution in [3.63, 3.8) is 0 Å². The maximum absolute atomic E-state index is 5.96. The Morgan fingerprint density at radius 3 is 2.95 bits per heavy atom. The van der Waals surface area contributed by atoms with Gasteiger partial charge in [-0.2, -0.15) is 0 Å². The molecule has 0 aliphatic carbocycles. The third-order valence-electron chi connectivity index (χ3n) is 3.99. The van der Waals surface area contributed by atoms with E-state index in [9.17, 15) is 0 Å². The quantitative estimate of drug-likeness (QED) is 0.761. The predicted octanol–water partition coefficient (Wildman–Crippen LogP) is 2.88. The van der Waals surface area contributed by atoms with Crippen molar-refractivity contribution in [1.29, 1.82) is 0 Å². The van der Waals surface area contributed by atoms with E-state index in [1.54, 1.807) is 0 Å². The van der Waals surface area contributed by atoms with Crippen molar-refractivity contribution in [3.8, 4) is 11.5 Å². The second-order valence-electron chi connectivity index (χ2n) is 5.44. The van der Waals surface area contributed by atoms with Gasteiger partial charge in [-0.05, 0) is 57.3 Å². The van der Waals surface area contributed by atoms with Gasteiger partial charge in [0.2, 0.25) is 0 Å². The molecular formula is C16H23NO2. The highest BCUT2D eigenvalue weighted by atomic mass is 16.5. The van der Waals surface area contributed by atoms with Crippen LogP contribution in [0.25, 0.3) is 0 Å². The van der Waals surface area contributed by atoms with Gasteiger partial charge in [-0.25, -0.2) is 0 Å². The first-order valence-corrected chi connectivity index (χ1v) is 7.53. The van der Waals surface area contributed by atoms with E-state index in [4.69, 9.17) is 9.47 Å². The van der Waals surface area contributed by atoms with Crippen molar-refractivity contribution in [2.45, 2.75) is 32.1 Å². The Morgan fingerprint density at radius 1 is 1.16 bits per heavy atom. The molecule has 1 aromatic carbocycles. The van der Waals surface area contributed by atoms with Crippen LogP contribution in [0.5, 0.6) is 11.5 Å². The summed E-state index contributed by atoms with van der Waals surface area (Å²) in [6, 6.07) is 6.15. The van der Waals surface area contributed by atoms with Crippen molar-refractivity contribution in [3.05, 3.63) is 23.8 Å². The van der Waals surface area contributed by atoms with Crippen LogP contribution in [0.1, 0.15) is 31.2 Å². The molecule has 2 aliphatic heterocycles. The average Bonchev–Trinajstić information content (AvgIpc) is 2.97. The molecular weight excluding hydrogens is 238 g/mol. The number of benzene rings is 1. The third kappa shape index (κ3) is 3.21. The van der Waals surface area contributed by atoms with Crippen LogP contribution in [0, 0.1) is 0 Å². The van der Waals surface area contributed by atoms with Gasteiger partial charge >= 0.3 is 0 Å². The second-order valence-corrected chi connectivity index (χ2v) is 5.44. The predicted molar refractivity (Wildman–Crippen MR) is 76.0 cm³/mol. The molecule has 0 spiro atoms. The van der Waals surface area contributed by atoms with E-state index >= 15 is 0 Å². The minimum absolute atomic E-state index is 0.812. The molecule has 19 heavy (non-hydrogen) atoms. The molecule has 3 heteroatoms. The van der Waals surface area contributed by atoms with E-state index in [1.165, 1.54) is 38.0 Å². The van der Waals surface area contributed by atoms with E-state index in [1.807, 2.05) is 12.1 Å². The Bertz CT molecular complexity index is 413. The Morgan fingerprint density at radius 2 is 2.05 bits per heavy atom. The molecule has 0 saturated carbocycles. The first kappa shape index (κ1) is 12.8. The zero-order valence-electron chi connectivity index (χ0n) is 11.6. The van der Waals surface area contributed by atoms with Crippen LogP contribution in [0.3, 0.4) is 0 Å². The Labute approximate surface area is 115 Å². The molecule has 2 heterocycles. The molecule has 0 unspecified atom stereocenters. The molecule has 0 bridgehead atoms. The summed E-state index contributed by atoms with van der Waals surface area (Å²) >= 11 is 0. The molecule has 3 rings (SSSR count). The maximum Gasteiger partial charge on any atom is 0.126 e. The number of likely N-dealkylation sites (tertiary alicyclic amines) is 1. The molecule has 2 aliphatic rings. The Kier molecular flexibility index (Phi) is 4.23. The molecule has 1 saturated heterocycles. The zero-order chi connectivity index (χ0) is 12.9. The normalized spacial score (nSPS) is 18.9. The highest BCUT2D eigenvalue weighted by Gasteiger charge is 2.15. The minimum Gasteiger partial charge on any atom is -0.493 e. The number of fused-ring (bicyclic) bond motifs is 1. The van der Waals surface area contributed by atoms with Crippen molar-refractivity contribution < 1.29 is 9.47 Å². The van der Waals surface area contributed by atoms with E-state index in [-0.39, 0.29) is 0 Å². The minimum atomic E-state index is 0.812. The fraction of sp³-hybridized carbons (Fsp3) is 0.625. The van der Waals surface area contributed by atoms with E-state index in [0.717, 1.165) is 44.0 Å². The summed E-state index contributed by atoms with van der Waals surface area (Å²) in [6.45, 7) is 5.37. The Hall–Kier alpha value is -1.22. The fourth-order valence-corrected chi connectivity index (χ4v) is 2.97. The fourth-order valence-electron chi connectivity index (χ4n) is 2.97. The highest BCUT2D eigenvalue weighted by Crippen LogP contribution is 2.32. The van der Waals surface area contributed by atoms with E-state index in [2.05, 4.69) is 11.0 Å². The van der Waals surface area contributed by atoms with Crippen LogP contribution in [0.2, 0.25) is 0 Å². The van der Waals surface area contributed by atoms with Gasteiger partial charge in [0.05, 0.1) is 13.2 Å². The smallest absolute Gasteiger partial charge is 0.126 e. The standard InChI is InChI=1S/C16H23NO2/c1-2-10-17(9-1)11-5-13-19-16-8-3-7-15-14(16)6-4-12-18-15/h3,7-8H,1-2,4-6,9-13H2. The summed E-state index contributed by atoms with van der Waals surface area (Å²) in [5.74, 6) is 2.04. The molecule has 1 fully saturated rings. The summed E-state index contributed by atoms with van der Waals surface area (Å²) in [5, 5.41) is 0. The maximum atomic E-state index is 5.96. The monoisotopic (exact) mass is 261 g/mol. The van der Waals surface area contributed by atoms with Crippen LogP contribution < -0.4 is 9.47 Å². The number of hydrogen-bond donors (Lipinski definition) is 0. The van der Waals surface area contributed by atoms with Crippen molar-refractivity contribution >= 4 is 0 Å². The van der Waals surface area contributed by atoms with Gasteiger partial charge < -0.3 is 14.4 Å². The lowest BCUT2D eigenvalue weighted by molar-refractivity contribution is 0.251. The van der Waals surface area contributed by atoms with Crippen molar-refractivity contribution in [2.24, 2.45) is 0 Å². The molecule has 0 aromatic heterocycles.